The van der Waals surface area contributed by atoms with E-state index < -0.39 is 0 Å². The van der Waals surface area contributed by atoms with Gasteiger partial charge < -0.3 is 14.4 Å². The number of anilines is 3. The average Bonchev–Trinajstić information content (AvgIpc) is 3.03. The molecule has 230 valence electrons. The molecule has 0 heterocycles. The van der Waals surface area contributed by atoms with E-state index in [4.69, 9.17) is 9.47 Å². The van der Waals surface area contributed by atoms with Gasteiger partial charge in [-0.15, -0.1) is 0 Å². The number of nitrogens with zero attached hydrogens (tertiary/aromatic N) is 1. The number of hydrogen-bond acceptors (Lipinski definition) is 3. The fraction of sp³-hybridized carbons (Fsp3) is 0.317. The third kappa shape index (κ3) is 9.38. The molecule has 0 radical (unpaired) electrons. The first-order valence-electron chi connectivity index (χ1n) is 16.1. The Morgan fingerprint density at radius 2 is 1.30 bits per heavy atom. The van der Waals surface area contributed by atoms with Crippen molar-refractivity contribution in [3.63, 3.8) is 0 Å². The largest absolute Gasteiger partial charge is 0.496 e. The Balaban J connectivity index is 1.52. The number of benzene rings is 4. The van der Waals surface area contributed by atoms with Crippen molar-refractivity contribution in [1.82, 2.24) is 0 Å². The van der Waals surface area contributed by atoms with E-state index in [0.29, 0.717) is 12.5 Å². The first kappa shape index (κ1) is 32.7. The minimum Gasteiger partial charge on any atom is -0.496 e. The molecule has 44 heavy (non-hydrogen) atoms. The molecule has 1 atom stereocenters. The minimum absolute atomic E-state index is 0.656. The molecule has 0 saturated carbocycles. The zero-order chi connectivity index (χ0) is 31.3. The number of ether oxygens (including phenoxy) is 2. The van der Waals surface area contributed by atoms with Crippen LogP contribution in [0.15, 0.2) is 97.1 Å². The maximum Gasteiger partial charge on any atom is 0.127 e. The average molecular weight is 588 g/mol. The number of para-hydroxylation sites is 1. The summed E-state index contributed by atoms with van der Waals surface area (Å²) in [7, 11) is 1.73. The van der Waals surface area contributed by atoms with Crippen LogP contribution in [0.3, 0.4) is 0 Å². The van der Waals surface area contributed by atoms with Gasteiger partial charge in [-0.25, -0.2) is 0 Å². The molecule has 0 saturated heterocycles. The van der Waals surface area contributed by atoms with E-state index in [0.717, 1.165) is 57.6 Å². The topological polar surface area (TPSA) is 21.7 Å². The second kappa shape index (κ2) is 16.6. The Hall–Kier alpha value is -4.24. The molecule has 3 nitrogen and oxygen atoms in total. The van der Waals surface area contributed by atoms with Crippen molar-refractivity contribution in [3.8, 4) is 11.5 Å². The summed E-state index contributed by atoms with van der Waals surface area (Å²) in [5, 5.41) is 0. The Labute approximate surface area is 265 Å². The van der Waals surface area contributed by atoms with Crippen molar-refractivity contribution in [1.29, 1.82) is 0 Å². The predicted octanol–water partition coefficient (Wildman–Crippen LogP) is 11.9. The Bertz CT molecular complexity index is 1480. The van der Waals surface area contributed by atoms with Gasteiger partial charge in [-0.2, -0.15) is 0 Å². The molecule has 0 aromatic heterocycles. The molecule has 0 fully saturated rings. The summed E-state index contributed by atoms with van der Waals surface area (Å²) in [4.78, 5) is 2.28. The quantitative estimate of drug-likeness (QED) is 0.129. The Kier molecular flexibility index (Phi) is 12.3. The summed E-state index contributed by atoms with van der Waals surface area (Å²) in [5.41, 5.74) is 7.77. The lowest BCUT2D eigenvalue weighted by molar-refractivity contribution is 0.275. The molecule has 4 aromatic rings. The van der Waals surface area contributed by atoms with Crippen molar-refractivity contribution in [2.45, 2.75) is 60.3 Å². The van der Waals surface area contributed by atoms with Crippen LogP contribution >= 0.6 is 0 Å². The van der Waals surface area contributed by atoms with E-state index in [9.17, 15) is 0 Å². The molecule has 0 bridgehead atoms. The highest BCUT2D eigenvalue weighted by molar-refractivity contribution is 5.79. The zero-order valence-corrected chi connectivity index (χ0v) is 27.4. The second-order valence-corrected chi connectivity index (χ2v) is 12.1. The van der Waals surface area contributed by atoms with Crippen LogP contribution in [0, 0.1) is 18.8 Å². The molecular weight excluding hydrogens is 538 g/mol. The van der Waals surface area contributed by atoms with Crippen molar-refractivity contribution >= 4 is 35.3 Å². The van der Waals surface area contributed by atoms with Crippen molar-refractivity contribution in [2.24, 2.45) is 11.8 Å². The van der Waals surface area contributed by atoms with Gasteiger partial charge >= 0.3 is 0 Å². The summed E-state index contributed by atoms with van der Waals surface area (Å²) < 4.78 is 12.2. The fourth-order valence-corrected chi connectivity index (χ4v) is 5.36. The number of rotatable bonds is 15. The first-order chi connectivity index (χ1) is 21.4. The summed E-state index contributed by atoms with van der Waals surface area (Å²) in [6.45, 7) is 11.8. The molecular formula is C41H49NO2. The van der Waals surface area contributed by atoms with E-state index in [1.165, 1.54) is 24.8 Å². The minimum atomic E-state index is 0.656. The standard InChI is InChI=1S/C41H49NO2/c1-7-12-35-29-40(43-6)36(30-41(35)44-28-27-32(4)14-11-13-31(2)3)22-19-34-20-25-39(26-21-34)42(37-15-9-8-10-16-37)38-23-17-33(5)18-24-38/h7-10,12,15-26,29-32H,11,13-14,27-28H2,1-6H3. The molecule has 0 amide bonds. The third-order valence-corrected chi connectivity index (χ3v) is 7.97. The lowest BCUT2D eigenvalue weighted by Crippen LogP contribution is -2.09. The number of hydrogen-bond donors (Lipinski definition) is 0. The van der Waals surface area contributed by atoms with E-state index in [1.807, 2.05) is 13.0 Å². The van der Waals surface area contributed by atoms with Crippen LogP contribution < -0.4 is 14.4 Å². The molecule has 0 aliphatic heterocycles. The summed E-state index contributed by atoms with van der Waals surface area (Å²) in [5.74, 6) is 3.15. The van der Waals surface area contributed by atoms with Crippen molar-refractivity contribution in [2.75, 3.05) is 18.6 Å². The summed E-state index contributed by atoms with van der Waals surface area (Å²) >= 11 is 0. The molecule has 0 aliphatic rings. The highest BCUT2D eigenvalue weighted by atomic mass is 16.5. The molecule has 4 rings (SSSR count). The maximum atomic E-state index is 6.37. The van der Waals surface area contributed by atoms with Crippen LogP contribution in [0.4, 0.5) is 17.1 Å². The highest BCUT2D eigenvalue weighted by Gasteiger charge is 2.13. The summed E-state index contributed by atoms with van der Waals surface area (Å²) in [6, 6.07) is 32.0. The monoisotopic (exact) mass is 587 g/mol. The van der Waals surface area contributed by atoms with Gasteiger partial charge in [0.2, 0.25) is 0 Å². The van der Waals surface area contributed by atoms with Gasteiger partial charge in [0, 0.05) is 28.2 Å². The van der Waals surface area contributed by atoms with Crippen LogP contribution in [-0.2, 0) is 0 Å². The van der Waals surface area contributed by atoms with Crippen LogP contribution in [0.5, 0.6) is 11.5 Å². The van der Waals surface area contributed by atoms with Crippen LogP contribution in [0.25, 0.3) is 18.2 Å². The van der Waals surface area contributed by atoms with Gasteiger partial charge in [-0.05, 0) is 86.2 Å². The zero-order valence-electron chi connectivity index (χ0n) is 27.4. The molecule has 3 heteroatoms. The second-order valence-electron chi connectivity index (χ2n) is 12.1. The lowest BCUT2D eigenvalue weighted by atomic mass is 9.98. The fourth-order valence-electron chi connectivity index (χ4n) is 5.36. The number of methoxy groups -OCH3 is 1. The number of aryl methyl sites for hydroxylation is 1. The molecule has 0 spiro atoms. The van der Waals surface area contributed by atoms with Crippen LogP contribution in [-0.4, -0.2) is 13.7 Å². The SMILES string of the molecule is CC=Cc1cc(OC)c(C=Cc2ccc(N(c3ccccc3)c3ccc(C)cc3)cc2)cc1OCCC(C)CCCC(C)C. The van der Waals surface area contributed by atoms with E-state index in [2.05, 4.69) is 142 Å². The van der Waals surface area contributed by atoms with E-state index in [-0.39, 0.29) is 0 Å². The van der Waals surface area contributed by atoms with Crippen LogP contribution in [0.2, 0.25) is 0 Å². The van der Waals surface area contributed by atoms with E-state index in [1.54, 1.807) is 7.11 Å². The van der Waals surface area contributed by atoms with Gasteiger partial charge in [-0.3, -0.25) is 0 Å². The van der Waals surface area contributed by atoms with Gasteiger partial charge in [0.1, 0.15) is 11.5 Å². The smallest absolute Gasteiger partial charge is 0.127 e. The lowest BCUT2D eigenvalue weighted by Gasteiger charge is -2.25. The first-order valence-corrected chi connectivity index (χ1v) is 16.1. The number of allylic oxidation sites excluding steroid dienone is 1. The van der Waals surface area contributed by atoms with Gasteiger partial charge in [0.25, 0.3) is 0 Å². The van der Waals surface area contributed by atoms with Crippen molar-refractivity contribution in [3.05, 3.63) is 119 Å². The normalized spacial score (nSPS) is 12.2. The van der Waals surface area contributed by atoms with Gasteiger partial charge in [-0.1, -0.05) is 112 Å². The Morgan fingerprint density at radius 3 is 1.93 bits per heavy atom. The molecule has 1 unspecified atom stereocenters. The van der Waals surface area contributed by atoms with Gasteiger partial charge in [0.15, 0.2) is 0 Å². The summed E-state index contributed by atoms with van der Waals surface area (Å²) in [6.07, 6.45) is 13.3. The third-order valence-electron chi connectivity index (χ3n) is 7.97. The predicted molar refractivity (Wildman–Crippen MR) is 190 cm³/mol. The van der Waals surface area contributed by atoms with Crippen LogP contribution in [0.1, 0.15) is 75.6 Å². The molecule has 0 N–H and O–H groups in total. The highest BCUT2D eigenvalue weighted by Crippen LogP contribution is 2.35. The molecule has 0 aliphatic carbocycles. The Morgan fingerprint density at radius 1 is 0.682 bits per heavy atom. The van der Waals surface area contributed by atoms with Gasteiger partial charge in [0.05, 0.1) is 13.7 Å². The maximum absolute atomic E-state index is 6.37. The van der Waals surface area contributed by atoms with E-state index >= 15 is 0 Å². The molecule has 4 aromatic carbocycles. The van der Waals surface area contributed by atoms with Crippen molar-refractivity contribution < 1.29 is 9.47 Å².